The number of nitrogens with zero attached hydrogens (tertiary/aromatic N) is 1. The summed E-state index contributed by atoms with van der Waals surface area (Å²) in [6.45, 7) is 0.459. The van der Waals surface area contributed by atoms with Crippen LogP contribution in [0.3, 0.4) is 0 Å². The van der Waals surface area contributed by atoms with E-state index in [-0.39, 0.29) is 17.9 Å². The molecule has 0 aromatic heterocycles. The third-order valence-electron chi connectivity index (χ3n) is 4.60. The Labute approximate surface area is 142 Å². The first-order chi connectivity index (χ1) is 11.6. The molecule has 0 radical (unpaired) electrons. The highest BCUT2D eigenvalue weighted by molar-refractivity contribution is 5.74. The van der Waals surface area contributed by atoms with Crippen LogP contribution >= 0.6 is 0 Å². The van der Waals surface area contributed by atoms with E-state index in [1.54, 1.807) is 24.1 Å². The van der Waals surface area contributed by atoms with Crippen LogP contribution in [0.15, 0.2) is 48.5 Å². The molecule has 2 amide bonds. The topological polar surface area (TPSA) is 32.3 Å². The summed E-state index contributed by atoms with van der Waals surface area (Å²) in [5.41, 5.74) is 3.48. The van der Waals surface area contributed by atoms with Crippen molar-refractivity contribution in [3.05, 3.63) is 71.0 Å². The van der Waals surface area contributed by atoms with Crippen molar-refractivity contribution in [2.45, 2.75) is 38.3 Å². The van der Waals surface area contributed by atoms with Crippen LogP contribution in [0.1, 0.15) is 42.0 Å². The smallest absolute Gasteiger partial charge is 0.317 e. The molecule has 1 aliphatic carbocycles. The Bertz CT molecular complexity index is 699. The molecule has 2 aromatic rings. The van der Waals surface area contributed by atoms with Gasteiger partial charge in [0.1, 0.15) is 5.82 Å². The van der Waals surface area contributed by atoms with Gasteiger partial charge in [0.25, 0.3) is 0 Å². The third kappa shape index (κ3) is 3.94. The highest BCUT2D eigenvalue weighted by Crippen LogP contribution is 2.28. The van der Waals surface area contributed by atoms with Crippen LogP contribution in [-0.4, -0.2) is 18.0 Å². The molecule has 2 aromatic carbocycles. The third-order valence-corrected chi connectivity index (χ3v) is 4.60. The minimum absolute atomic E-state index is 0.0619. The van der Waals surface area contributed by atoms with Crippen molar-refractivity contribution < 1.29 is 9.18 Å². The van der Waals surface area contributed by atoms with Crippen molar-refractivity contribution in [3.63, 3.8) is 0 Å². The number of urea groups is 1. The summed E-state index contributed by atoms with van der Waals surface area (Å²) in [5.74, 6) is -0.263. The van der Waals surface area contributed by atoms with Crippen molar-refractivity contribution in [1.29, 1.82) is 0 Å². The van der Waals surface area contributed by atoms with Gasteiger partial charge in [-0.3, -0.25) is 0 Å². The average Bonchev–Trinajstić information content (AvgIpc) is 2.79. The van der Waals surface area contributed by atoms with E-state index in [2.05, 4.69) is 23.5 Å². The van der Waals surface area contributed by atoms with E-state index in [0.717, 1.165) is 31.2 Å². The van der Waals surface area contributed by atoms with Gasteiger partial charge in [0.15, 0.2) is 0 Å². The molecule has 0 heterocycles. The van der Waals surface area contributed by atoms with Crippen LogP contribution in [0, 0.1) is 5.82 Å². The Hall–Kier alpha value is -2.36. The second-order valence-corrected chi connectivity index (χ2v) is 6.43. The number of hydrogen-bond donors (Lipinski definition) is 1. The van der Waals surface area contributed by atoms with Crippen molar-refractivity contribution in [1.82, 2.24) is 10.2 Å². The number of amides is 2. The zero-order valence-electron chi connectivity index (χ0n) is 14.0. The van der Waals surface area contributed by atoms with Crippen LogP contribution in [-0.2, 0) is 13.0 Å². The molecule has 4 heteroatoms. The zero-order valence-corrected chi connectivity index (χ0v) is 14.0. The maximum atomic E-state index is 13.0. The second-order valence-electron chi connectivity index (χ2n) is 6.43. The summed E-state index contributed by atoms with van der Waals surface area (Å²) >= 11 is 0. The quantitative estimate of drug-likeness (QED) is 0.831. The number of rotatable bonds is 3. The molecule has 0 spiro atoms. The lowest BCUT2D eigenvalue weighted by molar-refractivity contribution is 0.202. The standard InChI is InChI=1S/C20H23FN2O/c1-23(14-15-10-12-17(21)13-11-15)20(24)22-19-9-5-3-7-16-6-2-4-8-18(16)19/h2,4,6,8,10-13,19H,3,5,7,9,14H2,1H3,(H,22,24). The highest BCUT2D eigenvalue weighted by Gasteiger charge is 2.21. The van der Waals surface area contributed by atoms with E-state index >= 15 is 0 Å². The van der Waals surface area contributed by atoms with E-state index < -0.39 is 0 Å². The molecule has 1 unspecified atom stereocenters. The van der Waals surface area contributed by atoms with Crippen molar-refractivity contribution in [2.24, 2.45) is 0 Å². The SMILES string of the molecule is CN(Cc1ccc(F)cc1)C(=O)NC1CCCCc2ccccc21. The molecule has 3 rings (SSSR count). The molecule has 0 saturated heterocycles. The normalized spacial score (nSPS) is 16.8. The molecule has 0 saturated carbocycles. The number of fused-ring (bicyclic) bond motifs is 1. The largest absolute Gasteiger partial charge is 0.331 e. The summed E-state index contributed by atoms with van der Waals surface area (Å²) < 4.78 is 13.0. The Morgan fingerprint density at radius 3 is 2.71 bits per heavy atom. The maximum Gasteiger partial charge on any atom is 0.317 e. The minimum Gasteiger partial charge on any atom is -0.331 e. The zero-order chi connectivity index (χ0) is 16.9. The molecule has 1 aliphatic rings. The molecular weight excluding hydrogens is 303 g/mol. The first kappa shape index (κ1) is 16.5. The Kier molecular flexibility index (Phi) is 5.14. The first-order valence-electron chi connectivity index (χ1n) is 8.47. The number of carbonyl (C=O) groups is 1. The van der Waals surface area contributed by atoms with Crippen LogP contribution in [0.2, 0.25) is 0 Å². The Balaban J connectivity index is 1.66. The van der Waals surface area contributed by atoms with E-state index in [1.807, 2.05) is 6.07 Å². The fraction of sp³-hybridized carbons (Fsp3) is 0.350. The van der Waals surface area contributed by atoms with Gasteiger partial charge < -0.3 is 10.2 Å². The lowest BCUT2D eigenvalue weighted by atomic mass is 9.99. The molecule has 126 valence electrons. The lowest BCUT2D eigenvalue weighted by Crippen LogP contribution is -2.39. The van der Waals surface area contributed by atoms with Gasteiger partial charge in [0, 0.05) is 13.6 Å². The Morgan fingerprint density at radius 1 is 1.17 bits per heavy atom. The fourth-order valence-electron chi connectivity index (χ4n) is 3.27. The summed E-state index contributed by atoms with van der Waals surface area (Å²) in [7, 11) is 1.77. The van der Waals surface area contributed by atoms with Gasteiger partial charge in [-0.25, -0.2) is 9.18 Å². The summed E-state index contributed by atoms with van der Waals surface area (Å²) in [6.07, 6.45) is 4.32. The number of nitrogens with one attached hydrogen (secondary N) is 1. The van der Waals surface area contributed by atoms with Crippen LogP contribution < -0.4 is 5.32 Å². The average molecular weight is 326 g/mol. The number of aryl methyl sites for hydroxylation is 1. The van der Waals surface area contributed by atoms with Crippen LogP contribution in [0.4, 0.5) is 9.18 Å². The molecular formula is C20H23FN2O. The number of carbonyl (C=O) groups excluding carboxylic acids is 1. The second kappa shape index (κ2) is 7.47. The van der Waals surface area contributed by atoms with Gasteiger partial charge in [-0.2, -0.15) is 0 Å². The molecule has 3 nitrogen and oxygen atoms in total. The predicted octanol–water partition coefficient (Wildman–Crippen LogP) is 4.43. The fourth-order valence-corrected chi connectivity index (χ4v) is 3.27. The molecule has 1 atom stereocenters. The monoisotopic (exact) mass is 326 g/mol. The van der Waals surface area contributed by atoms with Crippen molar-refractivity contribution >= 4 is 6.03 Å². The summed E-state index contributed by atoms with van der Waals surface area (Å²) in [6, 6.07) is 14.6. The van der Waals surface area contributed by atoms with Gasteiger partial charge >= 0.3 is 6.03 Å². The molecule has 24 heavy (non-hydrogen) atoms. The van der Waals surface area contributed by atoms with Gasteiger partial charge in [-0.05, 0) is 48.1 Å². The predicted molar refractivity (Wildman–Crippen MR) is 93.1 cm³/mol. The van der Waals surface area contributed by atoms with Crippen molar-refractivity contribution in [3.8, 4) is 0 Å². The van der Waals surface area contributed by atoms with Gasteiger partial charge in [-0.15, -0.1) is 0 Å². The van der Waals surface area contributed by atoms with Crippen molar-refractivity contribution in [2.75, 3.05) is 7.05 Å². The van der Waals surface area contributed by atoms with E-state index in [9.17, 15) is 9.18 Å². The van der Waals surface area contributed by atoms with Crippen LogP contribution in [0.25, 0.3) is 0 Å². The van der Waals surface area contributed by atoms with Crippen LogP contribution in [0.5, 0.6) is 0 Å². The number of hydrogen-bond acceptors (Lipinski definition) is 1. The molecule has 0 aliphatic heterocycles. The molecule has 0 bridgehead atoms. The highest BCUT2D eigenvalue weighted by atomic mass is 19.1. The van der Waals surface area contributed by atoms with Gasteiger partial charge in [0.2, 0.25) is 0 Å². The Morgan fingerprint density at radius 2 is 1.92 bits per heavy atom. The molecule has 0 fully saturated rings. The van der Waals surface area contributed by atoms with E-state index in [1.165, 1.54) is 23.3 Å². The number of benzene rings is 2. The summed E-state index contributed by atoms with van der Waals surface area (Å²) in [4.78, 5) is 14.2. The van der Waals surface area contributed by atoms with E-state index in [0.29, 0.717) is 6.54 Å². The minimum atomic E-state index is -0.263. The maximum absolute atomic E-state index is 13.0. The number of halogens is 1. The molecule has 1 N–H and O–H groups in total. The lowest BCUT2D eigenvalue weighted by Gasteiger charge is -2.24. The summed E-state index contributed by atoms with van der Waals surface area (Å²) in [5, 5.41) is 3.16. The van der Waals surface area contributed by atoms with Gasteiger partial charge in [0.05, 0.1) is 6.04 Å². The first-order valence-corrected chi connectivity index (χ1v) is 8.47. The van der Waals surface area contributed by atoms with E-state index in [4.69, 9.17) is 0 Å². The van der Waals surface area contributed by atoms with Gasteiger partial charge in [-0.1, -0.05) is 42.8 Å².